The van der Waals surface area contributed by atoms with Crippen LogP contribution in [-0.4, -0.2) is 44.0 Å². The number of hydrogen-bond acceptors (Lipinski definition) is 5. The molecule has 2 aromatic carbocycles. The zero-order valence-electron chi connectivity index (χ0n) is 14.8. The molecule has 0 radical (unpaired) electrons. The van der Waals surface area contributed by atoms with Crippen molar-refractivity contribution in [3.63, 3.8) is 0 Å². The molecule has 1 aliphatic rings. The molecule has 1 aromatic heterocycles. The maximum Gasteiger partial charge on any atom is 0.249 e. The van der Waals surface area contributed by atoms with E-state index >= 15 is 0 Å². The summed E-state index contributed by atoms with van der Waals surface area (Å²) < 4.78 is 6.03. The van der Waals surface area contributed by atoms with Crippen LogP contribution in [0.5, 0.6) is 0 Å². The molecule has 1 saturated heterocycles. The molecule has 1 aliphatic heterocycles. The Bertz CT molecular complexity index is 1050. The van der Waals surface area contributed by atoms with E-state index in [1.165, 1.54) is 5.56 Å². The van der Waals surface area contributed by atoms with Crippen LogP contribution in [0, 0.1) is 0 Å². The van der Waals surface area contributed by atoms with Gasteiger partial charge in [-0.25, -0.2) is 0 Å². The first-order valence-corrected chi connectivity index (χ1v) is 8.81. The maximum absolute atomic E-state index is 11.9. The highest BCUT2D eigenvalue weighted by Gasteiger charge is 2.15. The van der Waals surface area contributed by atoms with Crippen molar-refractivity contribution >= 4 is 27.8 Å². The number of nitrogens with zero attached hydrogens (tertiary/aromatic N) is 2. The number of rotatable bonds is 3. The highest BCUT2D eigenvalue weighted by Crippen LogP contribution is 2.23. The Morgan fingerprint density at radius 2 is 2.04 bits per heavy atom. The number of carbonyl (C=O) groups is 1. The van der Waals surface area contributed by atoms with Gasteiger partial charge in [0, 0.05) is 45.2 Å². The maximum atomic E-state index is 11.9. The monoisotopic (exact) mass is 350 g/mol. The van der Waals surface area contributed by atoms with E-state index in [-0.39, 0.29) is 0 Å². The number of amides is 1. The lowest BCUT2D eigenvalue weighted by Gasteiger charge is -2.27. The fraction of sp³-hybridized carbons (Fsp3) is 0.300. The van der Waals surface area contributed by atoms with Gasteiger partial charge >= 0.3 is 0 Å². The molecular weight excluding hydrogens is 328 g/mol. The van der Waals surface area contributed by atoms with Gasteiger partial charge in [0.15, 0.2) is 0 Å². The van der Waals surface area contributed by atoms with Gasteiger partial charge in [-0.1, -0.05) is 12.1 Å². The van der Waals surface area contributed by atoms with Gasteiger partial charge in [-0.2, -0.15) is 0 Å². The molecule has 3 N–H and O–H groups in total. The summed E-state index contributed by atoms with van der Waals surface area (Å²) >= 11 is 0. The van der Waals surface area contributed by atoms with E-state index in [0.717, 1.165) is 49.1 Å². The van der Waals surface area contributed by atoms with Crippen molar-refractivity contribution in [2.24, 2.45) is 10.7 Å². The van der Waals surface area contributed by atoms with E-state index in [1.807, 2.05) is 12.1 Å². The van der Waals surface area contributed by atoms with E-state index in [9.17, 15) is 4.79 Å². The molecule has 0 spiro atoms. The first-order chi connectivity index (χ1) is 12.7. The average Bonchev–Trinajstić information content (AvgIpc) is 2.66. The molecule has 0 unspecified atom stereocenters. The third-order valence-electron chi connectivity index (χ3n) is 4.89. The van der Waals surface area contributed by atoms with Gasteiger partial charge in [0.05, 0.1) is 16.3 Å². The Morgan fingerprint density at radius 1 is 1.23 bits per heavy atom. The van der Waals surface area contributed by atoms with Crippen LogP contribution < -0.4 is 16.4 Å². The summed E-state index contributed by atoms with van der Waals surface area (Å²) in [5, 5.41) is 5.70. The van der Waals surface area contributed by atoms with Crippen LogP contribution in [0.15, 0.2) is 45.8 Å². The normalized spacial score (nSPS) is 16.4. The summed E-state index contributed by atoms with van der Waals surface area (Å²) in [4.78, 5) is 18.8. The van der Waals surface area contributed by atoms with Crippen molar-refractivity contribution in [3.8, 4) is 0 Å². The van der Waals surface area contributed by atoms with Gasteiger partial charge in [0.25, 0.3) is 0 Å². The molecule has 0 aliphatic carbocycles. The second-order valence-corrected chi connectivity index (χ2v) is 6.57. The predicted molar refractivity (Wildman–Crippen MR) is 102 cm³/mol. The van der Waals surface area contributed by atoms with E-state index in [0.29, 0.717) is 16.5 Å². The van der Waals surface area contributed by atoms with Crippen LogP contribution in [0.25, 0.3) is 21.9 Å². The second kappa shape index (κ2) is 6.90. The predicted octanol–water partition coefficient (Wildman–Crippen LogP) is 1.62. The van der Waals surface area contributed by atoms with E-state index < -0.39 is 5.91 Å². The lowest BCUT2D eigenvalue weighted by Crippen LogP contribution is -2.42. The molecule has 2 heterocycles. The van der Waals surface area contributed by atoms with Crippen LogP contribution in [0.4, 0.5) is 0 Å². The van der Waals surface area contributed by atoms with Crippen LogP contribution in [0.2, 0.25) is 0 Å². The molecule has 6 heteroatoms. The number of fused-ring (bicyclic) bond motifs is 2. The number of nitrogens with two attached hydrogens (primary N) is 1. The largest absolute Gasteiger partial charge is 0.456 e. The minimum absolute atomic E-state index is 0.432. The van der Waals surface area contributed by atoms with Crippen molar-refractivity contribution in [2.75, 3.05) is 33.2 Å². The second-order valence-electron chi connectivity index (χ2n) is 6.57. The zero-order valence-corrected chi connectivity index (χ0v) is 14.8. The van der Waals surface area contributed by atoms with Crippen molar-refractivity contribution in [2.45, 2.75) is 6.54 Å². The number of primary amides is 1. The molecule has 0 atom stereocenters. The number of benzene rings is 2. The van der Waals surface area contributed by atoms with Crippen LogP contribution >= 0.6 is 0 Å². The Labute approximate surface area is 151 Å². The van der Waals surface area contributed by atoms with Crippen LogP contribution in [0.3, 0.4) is 0 Å². The highest BCUT2D eigenvalue weighted by molar-refractivity contribution is 6.06. The lowest BCUT2D eigenvalue weighted by molar-refractivity contribution is 0.100. The fourth-order valence-electron chi connectivity index (χ4n) is 3.63. The Morgan fingerprint density at radius 3 is 2.77 bits per heavy atom. The van der Waals surface area contributed by atoms with Gasteiger partial charge in [-0.15, -0.1) is 0 Å². The average molecular weight is 350 g/mol. The number of nitrogens with one attached hydrogen (secondary N) is 1. The summed E-state index contributed by atoms with van der Waals surface area (Å²) in [6, 6.07) is 11.5. The van der Waals surface area contributed by atoms with Crippen molar-refractivity contribution < 1.29 is 9.21 Å². The summed E-state index contributed by atoms with van der Waals surface area (Å²) in [7, 11) is 1.73. The Hall–Kier alpha value is -2.70. The SMILES string of the molecule is C/N=c1/c2cc(CN3CCNCC3)ccc2oc2cccc(C(N)=O)c12. The zero-order chi connectivity index (χ0) is 18.1. The molecule has 134 valence electrons. The minimum atomic E-state index is -0.480. The molecule has 6 nitrogen and oxygen atoms in total. The highest BCUT2D eigenvalue weighted by atomic mass is 16.3. The van der Waals surface area contributed by atoms with E-state index in [1.54, 1.807) is 19.2 Å². The topological polar surface area (TPSA) is 83.9 Å². The number of piperazine rings is 1. The summed E-state index contributed by atoms with van der Waals surface area (Å²) in [5.74, 6) is -0.480. The molecule has 3 aromatic rings. The Balaban J connectivity index is 1.90. The van der Waals surface area contributed by atoms with Gasteiger partial charge in [0.2, 0.25) is 5.91 Å². The van der Waals surface area contributed by atoms with Crippen LogP contribution in [0.1, 0.15) is 15.9 Å². The number of carbonyl (C=O) groups excluding carboxylic acids is 1. The van der Waals surface area contributed by atoms with Gasteiger partial charge in [0.1, 0.15) is 11.2 Å². The standard InChI is InChI=1S/C20H22N4O2/c1-22-19-15-11-13(12-24-9-7-23-8-10-24)5-6-16(15)26-17-4-2-3-14(18(17)19)20(21)25/h2-6,11,23H,7-10,12H2,1H3,(H2,21,25)/b22-19-. The van der Waals surface area contributed by atoms with E-state index in [2.05, 4.69) is 27.3 Å². The third-order valence-corrected chi connectivity index (χ3v) is 4.89. The first-order valence-electron chi connectivity index (χ1n) is 8.81. The smallest absolute Gasteiger partial charge is 0.249 e. The molecule has 0 bridgehead atoms. The molecular formula is C20H22N4O2. The molecule has 26 heavy (non-hydrogen) atoms. The summed E-state index contributed by atoms with van der Waals surface area (Å²) in [6.07, 6.45) is 0. The van der Waals surface area contributed by atoms with Crippen molar-refractivity contribution in [1.29, 1.82) is 0 Å². The van der Waals surface area contributed by atoms with Crippen LogP contribution in [-0.2, 0) is 6.54 Å². The van der Waals surface area contributed by atoms with Crippen molar-refractivity contribution in [3.05, 3.63) is 52.9 Å². The first kappa shape index (κ1) is 16.8. The summed E-state index contributed by atoms with van der Waals surface area (Å²) in [6.45, 7) is 5.00. The Kier molecular flexibility index (Phi) is 4.44. The quantitative estimate of drug-likeness (QED) is 0.703. The van der Waals surface area contributed by atoms with Crippen molar-refractivity contribution in [1.82, 2.24) is 10.2 Å². The van der Waals surface area contributed by atoms with E-state index in [4.69, 9.17) is 10.2 Å². The molecule has 1 fully saturated rings. The lowest BCUT2D eigenvalue weighted by atomic mass is 10.0. The van der Waals surface area contributed by atoms with Gasteiger partial charge in [-0.3, -0.25) is 14.7 Å². The third kappa shape index (κ3) is 2.98. The van der Waals surface area contributed by atoms with Gasteiger partial charge in [-0.05, 0) is 29.8 Å². The number of hydrogen-bond donors (Lipinski definition) is 2. The molecule has 1 amide bonds. The summed E-state index contributed by atoms with van der Waals surface area (Å²) in [5.41, 5.74) is 8.57. The molecule has 0 saturated carbocycles. The molecule has 4 rings (SSSR count). The van der Waals surface area contributed by atoms with Gasteiger partial charge < -0.3 is 15.5 Å². The minimum Gasteiger partial charge on any atom is -0.456 e. The fourth-order valence-corrected chi connectivity index (χ4v) is 3.63.